The molecule has 2 amide bonds. The Hall–Kier alpha value is -3.13. The molecule has 7 nitrogen and oxygen atoms in total. The number of primary amides is 1. The Kier molecular flexibility index (Phi) is 5.10. The highest BCUT2D eigenvalue weighted by Crippen LogP contribution is 2.39. The Balaban J connectivity index is 1.59. The molecule has 3 aromatic rings. The van der Waals surface area contributed by atoms with Gasteiger partial charge < -0.3 is 20.3 Å². The zero-order chi connectivity index (χ0) is 20.5. The number of fused-ring (bicyclic) bond motifs is 1. The van der Waals surface area contributed by atoms with Gasteiger partial charge in [-0.15, -0.1) is 11.3 Å². The molecule has 8 heteroatoms. The van der Waals surface area contributed by atoms with E-state index in [0.29, 0.717) is 28.0 Å². The van der Waals surface area contributed by atoms with E-state index in [1.807, 2.05) is 18.2 Å². The minimum Gasteiger partial charge on any atom is -0.497 e. The molecule has 0 spiro atoms. The van der Waals surface area contributed by atoms with Crippen molar-refractivity contribution in [3.63, 3.8) is 0 Å². The van der Waals surface area contributed by atoms with Crippen molar-refractivity contribution in [3.8, 4) is 17.1 Å². The third kappa shape index (κ3) is 3.75. The number of ether oxygens (including phenoxy) is 1. The molecule has 2 aromatic heterocycles. The SMILES string of the molecule is COc1cccc(-c2cc(C(=O)Nc3sc4c(c3C(N)=O)CC[C@@H](C)C4)no2)c1. The van der Waals surface area contributed by atoms with Crippen molar-refractivity contribution in [2.45, 2.75) is 26.2 Å². The molecular weight excluding hydrogens is 390 g/mol. The van der Waals surface area contributed by atoms with Gasteiger partial charge in [-0.25, -0.2) is 0 Å². The molecule has 3 N–H and O–H groups in total. The van der Waals surface area contributed by atoms with Crippen LogP contribution in [0, 0.1) is 5.92 Å². The molecule has 1 aromatic carbocycles. The molecule has 0 bridgehead atoms. The fourth-order valence-corrected chi connectivity index (χ4v) is 4.97. The number of carbonyl (C=O) groups excluding carboxylic acids is 2. The number of thiophene rings is 1. The lowest BCUT2D eigenvalue weighted by Gasteiger charge is -2.18. The lowest BCUT2D eigenvalue weighted by atomic mass is 9.88. The molecule has 2 heterocycles. The highest BCUT2D eigenvalue weighted by Gasteiger charge is 2.28. The van der Waals surface area contributed by atoms with Crippen LogP contribution in [0.2, 0.25) is 0 Å². The highest BCUT2D eigenvalue weighted by atomic mass is 32.1. The van der Waals surface area contributed by atoms with Crippen molar-refractivity contribution in [3.05, 3.63) is 52.0 Å². The van der Waals surface area contributed by atoms with Gasteiger partial charge >= 0.3 is 0 Å². The van der Waals surface area contributed by atoms with Gasteiger partial charge in [-0.3, -0.25) is 9.59 Å². The summed E-state index contributed by atoms with van der Waals surface area (Å²) < 4.78 is 10.5. The normalized spacial score (nSPS) is 15.6. The van der Waals surface area contributed by atoms with E-state index in [2.05, 4.69) is 17.4 Å². The van der Waals surface area contributed by atoms with Crippen LogP contribution < -0.4 is 15.8 Å². The smallest absolute Gasteiger partial charge is 0.278 e. The molecule has 29 heavy (non-hydrogen) atoms. The topological polar surface area (TPSA) is 107 Å². The maximum atomic E-state index is 12.7. The molecule has 1 aliphatic rings. The van der Waals surface area contributed by atoms with E-state index in [0.717, 1.165) is 35.3 Å². The monoisotopic (exact) mass is 411 g/mol. The summed E-state index contributed by atoms with van der Waals surface area (Å²) in [7, 11) is 1.58. The lowest BCUT2D eigenvalue weighted by molar-refractivity contribution is 0.1000. The van der Waals surface area contributed by atoms with E-state index < -0.39 is 11.8 Å². The standard InChI is InChI=1S/C21H21N3O4S/c1-11-6-7-14-17(8-11)29-21(18(14)19(22)25)23-20(26)15-10-16(28-24-15)12-4-3-5-13(9-12)27-2/h3-5,9-11H,6-8H2,1-2H3,(H2,22,25)(H,23,26)/t11-/m1/s1. The fourth-order valence-electron chi connectivity index (χ4n) is 3.56. The second-order valence-corrected chi connectivity index (χ2v) is 8.29. The Morgan fingerprint density at radius 3 is 2.93 bits per heavy atom. The van der Waals surface area contributed by atoms with E-state index in [9.17, 15) is 9.59 Å². The van der Waals surface area contributed by atoms with Crippen LogP contribution in [0.4, 0.5) is 5.00 Å². The first-order chi connectivity index (χ1) is 14.0. The average Bonchev–Trinajstić information content (AvgIpc) is 3.32. The van der Waals surface area contributed by atoms with Crippen molar-refractivity contribution in [2.75, 3.05) is 12.4 Å². The summed E-state index contributed by atoms with van der Waals surface area (Å²) in [5.74, 6) is 0.700. The number of amides is 2. The Morgan fingerprint density at radius 1 is 1.34 bits per heavy atom. The van der Waals surface area contributed by atoms with Crippen molar-refractivity contribution in [1.29, 1.82) is 0 Å². The van der Waals surface area contributed by atoms with Crippen LogP contribution >= 0.6 is 11.3 Å². The van der Waals surface area contributed by atoms with Crippen LogP contribution in [-0.2, 0) is 12.8 Å². The number of hydrogen-bond donors (Lipinski definition) is 2. The van der Waals surface area contributed by atoms with Crippen molar-refractivity contribution < 1.29 is 18.8 Å². The minimum atomic E-state index is -0.524. The quantitative estimate of drug-likeness (QED) is 0.662. The minimum absolute atomic E-state index is 0.123. The van der Waals surface area contributed by atoms with E-state index >= 15 is 0 Å². The maximum absolute atomic E-state index is 12.7. The van der Waals surface area contributed by atoms with Crippen LogP contribution in [0.25, 0.3) is 11.3 Å². The van der Waals surface area contributed by atoms with Crippen LogP contribution in [-0.4, -0.2) is 24.1 Å². The van der Waals surface area contributed by atoms with Gasteiger partial charge in [0.05, 0.1) is 12.7 Å². The Bertz CT molecular complexity index is 1090. The second-order valence-electron chi connectivity index (χ2n) is 7.18. The van der Waals surface area contributed by atoms with Gasteiger partial charge in [0.25, 0.3) is 11.8 Å². The molecule has 0 saturated carbocycles. The van der Waals surface area contributed by atoms with Crippen LogP contribution in [0.1, 0.15) is 44.6 Å². The molecule has 0 saturated heterocycles. The van der Waals surface area contributed by atoms with Crippen molar-refractivity contribution in [2.24, 2.45) is 11.7 Å². The molecule has 0 radical (unpaired) electrons. The zero-order valence-corrected chi connectivity index (χ0v) is 17.0. The van der Waals surface area contributed by atoms with Gasteiger partial charge in [0.15, 0.2) is 11.5 Å². The average molecular weight is 411 g/mol. The van der Waals surface area contributed by atoms with Crippen molar-refractivity contribution >= 4 is 28.2 Å². The summed E-state index contributed by atoms with van der Waals surface area (Å²) in [4.78, 5) is 25.9. The number of nitrogens with zero attached hydrogens (tertiary/aromatic N) is 1. The summed E-state index contributed by atoms with van der Waals surface area (Å²) in [6, 6.07) is 8.83. The number of methoxy groups -OCH3 is 1. The lowest BCUT2D eigenvalue weighted by Crippen LogP contribution is -2.19. The fraction of sp³-hybridized carbons (Fsp3) is 0.286. The third-order valence-corrected chi connectivity index (χ3v) is 6.25. The van der Waals surface area contributed by atoms with Crippen LogP contribution in [0.5, 0.6) is 5.75 Å². The molecular formula is C21H21N3O4S. The molecule has 4 rings (SSSR count). The van der Waals surface area contributed by atoms with E-state index in [1.165, 1.54) is 11.3 Å². The van der Waals surface area contributed by atoms with E-state index in [4.69, 9.17) is 15.0 Å². The van der Waals surface area contributed by atoms with Gasteiger partial charge in [0.2, 0.25) is 0 Å². The Labute approximate surface area is 171 Å². The summed E-state index contributed by atoms with van der Waals surface area (Å²) in [6.45, 7) is 2.18. The zero-order valence-electron chi connectivity index (χ0n) is 16.2. The molecule has 1 atom stereocenters. The highest BCUT2D eigenvalue weighted by molar-refractivity contribution is 7.17. The van der Waals surface area contributed by atoms with Crippen LogP contribution in [0.15, 0.2) is 34.9 Å². The summed E-state index contributed by atoms with van der Waals surface area (Å²) in [5, 5.41) is 7.15. The molecule has 0 fully saturated rings. The molecule has 150 valence electrons. The first-order valence-electron chi connectivity index (χ1n) is 9.33. The second kappa shape index (κ2) is 7.71. The molecule has 0 unspecified atom stereocenters. The molecule has 0 aliphatic heterocycles. The van der Waals surface area contributed by atoms with E-state index in [-0.39, 0.29) is 5.69 Å². The summed E-state index contributed by atoms with van der Waals surface area (Å²) >= 11 is 1.42. The number of rotatable bonds is 5. The largest absolute Gasteiger partial charge is 0.497 e. The number of carbonyl (C=O) groups is 2. The van der Waals surface area contributed by atoms with Gasteiger partial charge in [-0.1, -0.05) is 24.2 Å². The Morgan fingerprint density at radius 2 is 2.17 bits per heavy atom. The number of benzene rings is 1. The number of anilines is 1. The van der Waals surface area contributed by atoms with Crippen molar-refractivity contribution in [1.82, 2.24) is 5.16 Å². The number of nitrogens with two attached hydrogens (primary N) is 1. The number of nitrogens with one attached hydrogen (secondary N) is 1. The third-order valence-electron chi connectivity index (χ3n) is 5.08. The van der Waals surface area contributed by atoms with Gasteiger partial charge in [-0.05, 0) is 42.9 Å². The first kappa shape index (κ1) is 19.2. The number of aromatic nitrogens is 1. The van der Waals surface area contributed by atoms with E-state index in [1.54, 1.807) is 19.2 Å². The number of hydrogen-bond acceptors (Lipinski definition) is 6. The predicted octanol–water partition coefficient (Wildman–Crippen LogP) is 3.89. The van der Waals surface area contributed by atoms with Gasteiger partial charge in [0.1, 0.15) is 10.8 Å². The van der Waals surface area contributed by atoms with Crippen LogP contribution in [0.3, 0.4) is 0 Å². The van der Waals surface area contributed by atoms with Gasteiger partial charge in [-0.2, -0.15) is 0 Å². The predicted molar refractivity (Wildman–Crippen MR) is 110 cm³/mol. The first-order valence-corrected chi connectivity index (χ1v) is 10.1. The maximum Gasteiger partial charge on any atom is 0.278 e. The van der Waals surface area contributed by atoms with Gasteiger partial charge in [0, 0.05) is 16.5 Å². The summed E-state index contributed by atoms with van der Waals surface area (Å²) in [5.41, 5.74) is 7.86. The molecule has 1 aliphatic carbocycles. The summed E-state index contributed by atoms with van der Waals surface area (Å²) in [6.07, 6.45) is 2.69.